The Labute approximate surface area is 129 Å². The maximum Gasteiger partial charge on any atom is 0.260 e. The van der Waals surface area contributed by atoms with Crippen LogP contribution in [0.3, 0.4) is 0 Å². The SMILES string of the molecule is CS(=O)(=O)NC(=O)C1CN2C(=N1)Sc1c2ccc(F)c1Cl. The summed E-state index contributed by atoms with van der Waals surface area (Å²) in [6.45, 7) is 0.193. The van der Waals surface area contributed by atoms with E-state index in [1.165, 1.54) is 6.07 Å². The second-order valence-electron chi connectivity index (χ2n) is 4.59. The van der Waals surface area contributed by atoms with Crippen molar-refractivity contribution in [2.75, 3.05) is 17.7 Å². The van der Waals surface area contributed by atoms with Crippen LogP contribution in [0.15, 0.2) is 22.0 Å². The Bertz CT molecular complexity index is 781. The lowest BCUT2D eigenvalue weighted by molar-refractivity contribution is -0.120. The van der Waals surface area contributed by atoms with Gasteiger partial charge in [-0.3, -0.25) is 9.52 Å². The quantitative estimate of drug-likeness (QED) is 0.868. The maximum absolute atomic E-state index is 13.4. The number of amidine groups is 1. The number of amides is 1. The maximum atomic E-state index is 13.4. The van der Waals surface area contributed by atoms with Crippen molar-refractivity contribution in [3.63, 3.8) is 0 Å². The molecule has 1 aromatic carbocycles. The van der Waals surface area contributed by atoms with Crippen molar-refractivity contribution in [1.29, 1.82) is 0 Å². The van der Waals surface area contributed by atoms with Crippen LogP contribution in [-0.2, 0) is 14.8 Å². The summed E-state index contributed by atoms with van der Waals surface area (Å²) in [5.74, 6) is -1.20. The Morgan fingerprint density at radius 1 is 1.57 bits per heavy atom. The zero-order valence-electron chi connectivity index (χ0n) is 10.6. The van der Waals surface area contributed by atoms with Gasteiger partial charge in [-0.15, -0.1) is 0 Å². The Balaban J connectivity index is 1.85. The summed E-state index contributed by atoms with van der Waals surface area (Å²) in [6.07, 6.45) is 0.903. The van der Waals surface area contributed by atoms with Crippen LogP contribution in [0.25, 0.3) is 0 Å². The van der Waals surface area contributed by atoms with Crippen molar-refractivity contribution < 1.29 is 17.6 Å². The number of thioether (sulfide) groups is 1. The lowest BCUT2D eigenvalue weighted by Gasteiger charge is -2.15. The molecule has 1 aromatic rings. The van der Waals surface area contributed by atoms with Gasteiger partial charge in [-0.1, -0.05) is 11.6 Å². The van der Waals surface area contributed by atoms with Crippen LogP contribution in [0.5, 0.6) is 0 Å². The van der Waals surface area contributed by atoms with Gasteiger partial charge >= 0.3 is 0 Å². The highest BCUT2D eigenvalue weighted by Crippen LogP contribution is 2.47. The largest absolute Gasteiger partial charge is 0.317 e. The number of halogens is 2. The Kier molecular flexibility index (Phi) is 3.38. The highest BCUT2D eigenvalue weighted by Gasteiger charge is 2.39. The standard InChI is InChI=1S/C11H9ClFN3O3S2/c1-21(18,19)15-10(17)6-4-16-7-3-2-5(13)8(12)9(7)20-11(16)14-6/h2-3,6H,4H2,1H3,(H,15,17). The molecule has 0 saturated carbocycles. The van der Waals surface area contributed by atoms with Gasteiger partial charge in [0.15, 0.2) is 11.2 Å². The molecule has 2 aliphatic heterocycles. The normalized spacial score (nSPS) is 20.0. The number of carbonyl (C=O) groups is 1. The van der Waals surface area contributed by atoms with Gasteiger partial charge < -0.3 is 4.90 Å². The van der Waals surface area contributed by atoms with Crippen LogP contribution in [-0.4, -0.2) is 38.3 Å². The first-order chi connectivity index (χ1) is 9.76. The van der Waals surface area contributed by atoms with E-state index in [1.807, 2.05) is 4.72 Å². The fraction of sp³-hybridized carbons (Fsp3) is 0.273. The smallest absolute Gasteiger partial charge is 0.260 e. The average Bonchev–Trinajstić information content (AvgIpc) is 2.89. The summed E-state index contributed by atoms with van der Waals surface area (Å²) in [5.41, 5.74) is 0.666. The van der Waals surface area contributed by atoms with E-state index in [1.54, 1.807) is 11.0 Å². The van der Waals surface area contributed by atoms with Gasteiger partial charge in [0.1, 0.15) is 5.82 Å². The number of nitrogens with zero attached hydrogens (tertiary/aromatic N) is 2. The highest BCUT2D eigenvalue weighted by molar-refractivity contribution is 8.15. The molecule has 21 heavy (non-hydrogen) atoms. The van der Waals surface area contributed by atoms with Crippen molar-refractivity contribution in [3.05, 3.63) is 23.0 Å². The van der Waals surface area contributed by atoms with Crippen molar-refractivity contribution in [3.8, 4) is 0 Å². The lowest BCUT2D eigenvalue weighted by Crippen LogP contribution is -2.39. The van der Waals surface area contributed by atoms with Gasteiger partial charge in [-0.05, 0) is 23.9 Å². The van der Waals surface area contributed by atoms with Crippen LogP contribution in [0, 0.1) is 5.82 Å². The van der Waals surface area contributed by atoms with E-state index in [2.05, 4.69) is 4.99 Å². The summed E-state index contributed by atoms with van der Waals surface area (Å²) in [6, 6.07) is 1.98. The molecule has 3 rings (SSSR count). The number of nitrogens with one attached hydrogen (secondary N) is 1. The third kappa shape index (κ3) is 2.60. The summed E-state index contributed by atoms with van der Waals surface area (Å²) in [7, 11) is -3.62. The molecule has 0 fully saturated rings. The molecule has 2 heterocycles. The molecule has 1 N–H and O–H groups in total. The first-order valence-electron chi connectivity index (χ1n) is 5.79. The minimum atomic E-state index is -3.62. The van der Waals surface area contributed by atoms with Gasteiger partial charge in [-0.2, -0.15) is 0 Å². The molecule has 10 heteroatoms. The van der Waals surface area contributed by atoms with Crippen LogP contribution >= 0.6 is 23.4 Å². The molecular weight excluding hydrogens is 341 g/mol. The fourth-order valence-corrected chi connectivity index (χ4v) is 3.99. The van der Waals surface area contributed by atoms with E-state index >= 15 is 0 Å². The minimum Gasteiger partial charge on any atom is -0.317 e. The number of carbonyl (C=O) groups excluding carboxylic acids is 1. The van der Waals surface area contributed by atoms with Crippen LogP contribution in [0.4, 0.5) is 10.1 Å². The average molecular weight is 350 g/mol. The van der Waals surface area contributed by atoms with Crippen molar-refractivity contribution in [1.82, 2.24) is 4.72 Å². The zero-order chi connectivity index (χ0) is 15.4. The van der Waals surface area contributed by atoms with Gasteiger partial charge in [-0.25, -0.2) is 17.8 Å². The number of benzene rings is 1. The predicted octanol–water partition coefficient (Wildman–Crippen LogP) is 1.21. The molecule has 0 spiro atoms. The molecule has 1 amide bonds. The molecule has 2 aliphatic rings. The van der Waals surface area contributed by atoms with Gasteiger partial charge in [0, 0.05) is 0 Å². The molecule has 6 nitrogen and oxygen atoms in total. The zero-order valence-corrected chi connectivity index (χ0v) is 13.0. The molecule has 0 aromatic heterocycles. The number of rotatable bonds is 2. The first-order valence-corrected chi connectivity index (χ1v) is 8.87. The number of anilines is 1. The number of sulfonamides is 1. The lowest BCUT2D eigenvalue weighted by atomic mass is 10.2. The summed E-state index contributed by atoms with van der Waals surface area (Å²) >= 11 is 7.06. The molecule has 0 bridgehead atoms. The van der Waals surface area contributed by atoms with E-state index < -0.39 is 27.8 Å². The Morgan fingerprint density at radius 2 is 2.29 bits per heavy atom. The molecule has 0 aliphatic carbocycles. The van der Waals surface area contributed by atoms with Gasteiger partial charge in [0.25, 0.3) is 5.91 Å². The molecule has 0 radical (unpaired) electrons. The van der Waals surface area contributed by atoms with Gasteiger partial charge in [0.05, 0.1) is 28.4 Å². The van der Waals surface area contributed by atoms with E-state index in [9.17, 15) is 17.6 Å². The first kappa shape index (κ1) is 14.6. The fourth-order valence-electron chi connectivity index (χ4n) is 2.09. The van der Waals surface area contributed by atoms with Crippen molar-refractivity contribution >= 4 is 50.1 Å². The molecular formula is C11H9ClFN3O3S2. The van der Waals surface area contributed by atoms with Gasteiger partial charge in [0.2, 0.25) is 10.0 Å². The third-order valence-corrected chi connectivity index (χ3v) is 5.13. The third-order valence-electron chi connectivity index (χ3n) is 2.95. The van der Waals surface area contributed by atoms with Crippen LogP contribution in [0.1, 0.15) is 0 Å². The number of fused-ring (bicyclic) bond motifs is 3. The Morgan fingerprint density at radius 3 is 2.95 bits per heavy atom. The summed E-state index contributed by atoms with van der Waals surface area (Å²) in [4.78, 5) is 18.2. The van der Waals surface area contributed by atoms with Crippen molar-refractivity contribution in [2.24, 2.45) is 4.99 Å². The van der Waals surface area contributed by atoms with E-state index in [4.69, 9.17) is 11.6 Å². The highest BCUT2D eigenvalue weighted by atomic mass is 35.5. The minimum absolute atomic E-state index is 0.0201. The Hall–Kier alpha value is -1.32. The second-order valence-corrected chi connectivity index (χ2v) is 7.69. The summed E-state index contributed by atoms with van der Waals surface area (Å²) < 4.78 is 37.4. The van der Waals surface area contributed by atoms with Crippen molar-refractivity contribution in [2.45, 2.75) is 10.9 Å². The molecule has 112 valence electrons. The molecule has 1 atom stereocenters. The molecule has 1 unspecified atom stereocenters. The van der Waals surface area contributed by atoms with Crippen LogP contribution in [0.2, 0.25) is 5.02 Å². The monoisotopic (exact) mass is 349 g/mol. The van der Waals surface area contributed by atoms with E-state index in [-0.39, 0.29) is 11.6 Å². The van der Waals surface area contributed by atoms with Crippen LogP contribution < -0.4 is 9.62 Å². The topological polar surface area (TPSA) is 78.8 Å². The predicted molar refractivity (Wildman–Crippen MR) is 78.8 cm³/mol. The number of hydrogen-bond acceptors (Lipinski definition) is 6. The second kappa shape index (κ2) is 4.85. The van der Waals surface area contributed by atoms with E-state index in [0.717, 1.165) is 18.0 Å². The number of aliphatic imine (C=N–C) groups is 1. The molecule has 0 saturated heterocycles. The van der Waals surface area contributed by atoms with E-state index in [0.29, 0.717) is 15.8 Å². The number of hydrogen-bond donors (Lipinski definition) is 1. The summed E-state index contributed by atoms with van der Waals surface area (Å²) in [5, 5.41) is 0.526.